The maximum absolute atomic E-state index is 12.9. The van der Waals surface area contributed by atoms with Gasteiger partial charge < -0.3 is 14.9 Å². The van der Waals surface area contributed by atoms with Crippen molar-refractivity contribution in [1.29, 1.82) is 0 Å². The van der Waals surface area contributed by atoms with Crippen LogP contribution in [0.5, 0.6) is 0 Å². The molecule has 0 bridgehead atoms. The molecule has 0 aliphatic carbocycles. The van der Waals surface area contributed by atoms with Crippen LogP contribution in [0.15, 0.2) is 12.1 Å². The minimum Gasteiger partial charge on any atom is -0.396 e. The Kier molecular flexibility index (Phi) is 7.09. The molecule has 3 rings (SSSR count). The molecular weight excluding hydrogens is 346 g/mol. The molecule has 0 saturated carbocycles. The maximum Gasteiger partial charge on any atom is 0.263 e. The molecule has 146 valence electrons. The summed E-state index contributed by atoms with van der Waals surface area (Å²) in [5.74, 6) is 0.661. The van der Waals surface area contributed by atoms with Crippen molar-refractivity contribution in [2.45, 2.75) is 38.6 Å². The van der Waals surface area contributed by atoms with Gasteiger partial charge in [0.25, 0.3) is 5.91 Å². The molecule has 2 atom stereocenters. The van der Waals surface area contributed by atoms with Crippen LogP contribution >= 0.6 is 11.3 Å². The number of rotatable bonds is 6. The van der Waals surface area contributed by atoms with Crippen LogP contribution in [0.25, 0.3) is 0 Å². The van der Waals surface area contributed by atoms with Gasteiger partial charge in [0.2, 0.25) is 0 Å². The molecule has 2 aliphatic heterocycles. The van der Waals surface area contributed by atoms with Crippen molar-refractivity contribution in [3.05, 3.63) is 21.9 Å². The Morgan fingerprint density at radius 2 is 2.00 bits per heavy atom. The summed E-state index contributed by atoms with van der Waals surface area (Å²) in [5.41, 5.74) is 0. The number of nitrogens with zero attached hydrogens (tertiary/aromatic N) is 3. The summed E-state index contributed by atoms with van der Waals surface area (Å²) in [7, 11) is 2.19. The van der Waals surface area contributed by atoms with Crippen LogP contribution in [0.4, 0.5) is 0 Å². The van der Waals surface area contributed by atoms with Crippen LogP contribution in [-0.4, -0.2) is 84.7 Å². The number of amides is 1. The Hall–Kier alpha value is -0.950. The molecular formula is C20H33N3O2S. The lowest BCUT2D eigenvalue weighted by atomic mass is 9.86. The lowest BCUT2D eigenvalue weighted by Crippen LogP contribution is -2.56. The Bertz CT molecular complexity index is 583. The zero-order valence-electron chi connectivity index (χ0n) is 16.2. The number of aliphatic hydroxyl groups excluding tert-OH is 1. The Morgan fingerprint density at radius 1 is 1.23 bits per heavy atom. The molecule has 5 nitrogen and oxygen atoms in total. The first-order valence-corrected chi connectivity index (χ1v) is 10.9. The number of carbonyl (C=O) groups is 1. The van der Waals surface area contributed by atoms with Crippen molar-refractivity contribution in [3.63, 3.8) is 0 Å². The second kappa shape index (κ2) is 9.31. The Balaban J connectivity index is 1.65. The van der Waals surface area contributed by atoms with Crippen LogP contribution in [0.3, 0.4) is 0 Å². The van der Waals surface area contributed by atoms with E-state index in [1.54, 1.807) is 11.3 Å². The average Bonchev–Trinajstić information content (AvgIpc) is 3.15. The monoisotopic (exact) mass is 379 g/mol. The third-order valence-corrected chi connectivity index (χ3v) is 7.16. The van der Waals surface area contributed by atoms with Gasteiger partial charge in [0.05, 0.1) is 4.88 Å². The zero-order valence-corrected chi connectivity index (χ0v) is 17.0. The third kappa shape index (κ3) is 4.66. The topological polar surface area (TPSA) is 47.0 Å². The van der Waals surface area contributed by atoms with E-state index in [-0.39, 0.29) is 12.5 Å². The number of piperazine rings is 1. The summed E-state index contributed by atoms with van der Waals surface area (Å²) in [6, 6.07) is 4.62. The van der Waals surface area contributed by atoms with Gasteiger partial charge in [-0.15, -0.1) is 11.3 Å². The van der Waals surface area contributed by atoms with E-state index >= 15 is 0 Å². The number of aryl methyl sites for hydroxylation is 1. The number of hydrogen-bond acceptors (Lipinski definition) is 5. The number of aliphatic hydroxyl groups is 1. The van der Waals surface area contributed by atoms with E-state index in [1.807, 2.05) is 6.07 Å². The lowest BCUT2D eigenvalue weighted by molar-refractivity contribution is 0.0220. The highest BCUT2D eigenvalue weighted by atomic mass is 32.1. The minimum absolute atomic E-state index is 0.195. The zero-order chi connectivity index (χ0) is 18.5. The number of likely N-dealkylation sites (tertiary alicyclic amines) is 1. The van der Waals surface area contributed by atoms with E-state index in [1.165, 1.54) is 4.88 Å². The van der Waals surface area contributed by atoms with E-state index in [4.69, 9.17) is 0 Å². The Labute approximate surface area is 161 Å². The van der Waals surface area contributed by atoms with Gasteiger partial charge in [0, 0.05) is 56.8 Å². The van der Waals surface area contributed by atoms with Gasteiger partial charge in [0.15, 0.2) is 0 Å². The minimum atomic E-state index is 0.195. The molecule has 0 radical (unpaired) electrons. The van der Waals surface area contributed by atoms with Crippen molar-refractivity contribution in [2.75, 3.05) is 52.9 Å². The molecule has 26 heavy (non-hydrogen) atoms. The first-order chi connectivity index (χ1) is 12.6. The van der Waals surface area contributed by atoms with Gasteiger partial charge in [-0.05, 0) is 50.8 Å². The molecule has 2 aliphatic rings. The number of carbonyl (C=O) groups excluding carboxylic acids is 1. The summed E-state index contributed by atoms with van der Waals surface area (Å²) in [5, 5.41) is 9.31. The molecule has 6 heteroatoms. The first-order valence-electron chi connectivity index (χ1n) is 10.0. The number of likely N-dealkylation sites (N-methyl/N-ethyl adjacent to an activating group) is 1. The third-order valence-electron chi connectivity index (χ3n) is 5.94. The summed E-state index contributed by atoms with van der Waals surface area (Å²) in [4.78, 5) is 22.2. The highest BCUT2D eigenvalue weighted by molar-refractivity contribution is 7.14. The van der Waals surface area contributed by atoms with Crippen LogP contribution in [0.2, 0.25) is 0 Å². The van der Waals surface area contributed by atoms with Gasteiger partial charge in [-0.1, -0.05) is 6.92 Å². The Morgan fingerprint density at radius 3 is 2.65 bits per heavy atom. The molecule has 0 unspecified atom stereocenters. The largest absolute Gasteiger partial charge is 0.396 e. The van der Waals surface area contributed by atoms with E-state index in [9.17, 15) is 9.90 Å². The van der Waals surface area contributed by atoms with Crippen molar-refractivity contribution in [1.82, 2.24) is 14.7 Å². The molecule has 1 aromatic heterocycles. The normalized spacial score (nSPS) is 25.6. The average molecular weight is 380 g/mol. The fourth-order valence-electron chi connectivity index (χ4n) is 4.31. The van der Waals surface area contributed by atoms with Crippen molar-refractivity contribution in [3.8, 4) is 0 Å². The van der Waals surface area contributed by atoms with Gasteiger partial charge in [-0.2, -0.15) is 0 Å². The number of hydrogen-bond donors (Lipinski definition) is 1. The van der Waals surface area contributed by atoms with Crippen molar-refractivity contribution < 1.29 is 9.90 Å². The predicted octanol–water partition coefficient (Wildman–Crippen LogP) is 2.16. The van der Waals surface area contributed by atoms with Crippen LogP contribution in [-0.2, 0) is 6.42 Å². The fourth-order valence-corrected chi connectivity index (χ4v) is 5.23. The first kappa shape index (κ1) is 19.8. The van der Waals surface area contributed by atoms with Gasteiger partial charge in [-0.25, -0.2) is 0 Å². The van der Waals surface area contributed by atoms with Crippen molar-refractivity contribution >= 4 is 17.2 Å². The van der Waals surface area contributed by atoms with Crippen LogP contribution in [0.1, 0.15) is 40.7 Å². The fraction of sp³-hybridized carbons (Fsp3) is 0.750. The van der Waals surface area contributed by atoms with Crippen LogP contribution in [0, 0.1) is 5.92 Å². The van der Waals surface area contributed by atoms with E-state index in [0.717, 1.165) is 69.8 Å². The van der Waals surface area contributed by atoms with Gasteiger partial charge in [0.1, 0.15) is 0 Å². The second-order valence-corrected chi connectivity index (χ2v) is 8.86. The standard InChI is InChI=1S/C20H33N3O2S/c1-3-17-6-7-19(26-17)20(25)23-9-8-18(16(15-23)5-4-14-24)22-12-10-21(2)11-13-22/h6-7,16,18,24H,3-5,8-15H2,1-2H3/t16-,18+/m0/s1. The van der Waals surface area contributed by atoms with E-state index < -0.39 is 0 Å². The summed E-state index contributed by atoms with van der Waals surface area (Å²) in [6.07, 6.45) is 3.87. The maximum atomic E-state index is 12.9. The second-order valence-electron chi connectivity index (χ2n) is 7.69. The molecule has 0 spiro atoms. The lowest BCUT2D eigenvalue weighted by Gasteiger charge is -2.46. The van der Waals surface area contributed by atoms with E-state index in [2.05, 4.69) is 34.7 Å². The smallest absolute Gasteiger partial charge is 0.263 e. The van der Waals surface area contributed by atoms with Gasteiger partial charge in [-0.3, -0.25) is 9.69 Å². The highest BCUT2D eigenvalue weighted by Crippen LogP contribution is 2.29. The number of thiophene rings is 1. The molecule has 2 fully saturated rings. The summed E-state index contributed by atoms with van der Waals surface area (Å²) < 4.78 is 0. The molecule has 1 N–H and O–H groups in total. The van der Waals surface area contributed by atoms with Crippen LogP contribution < -0.4 is 0 Å². The van der Waals surface area contributed by atoms with E-state index in [0.29, 0.717) is 12.0 Å². The number of piperidine rings is 1. The quantitative estimate of drug-likeness (QED) is 0.823. The SMILES string of the molecule is CCc1ccc(C(=O)N2CC[C@@H](N3CCN(C)CC3)[C@@H](CCCO)C2)s1. The molecule has 0 aromatic carbocycles. The summed E-state index contributed by atoms with van der Waals surface area (Å²) in [6.45, 7) is 8.55. The summed E-state index contributed by atoms with van der Waals surface area (Å²) >= 11 is 1.64. The highest BCUT2D eigenvalue weighted by Gasteiger charge is 2.35. The molecule has 3 heterocycles. The molecule has 1 aromatic rings. The van der Waals surface area contributed by atoms with Gasteiger partial charge >= 0.3 is 0 Å². The van der Waals surface area contributed by atoms with Crippen molar-refractivity contribution in [2.24, 2.45) is 5.92 Å². The molecule has 1 amide bonds. The predicted molar refractivity (Wildman–Crippen MR) is 107 cm³/mol. The molecule has 2 saturated heterocycles.